The Kier molecular flexibility index (Phi) is 6.94. The van der Waals surface area contributed by atoms with E-state index in [1.54, 1.807) is 7.11 Å². The van der Waals surface area contributed by atoms with E-state index in [0.29, 0.717) is 19.6 Å². The van der Waals surface area contributed by atoms with Gasteiger partial charge in [0.25, 0.3) is 0 Å². The maximum absolute atomic E-state index is 10.2. The molecule has 0 heterocycles. The number of methoxy groups -OCH3 is 1. The minimum Gasteiger partial charge on any atom is -0.494 e. The van der Waals surface area contributed by atoms with Gasteiger partial charge in [-0.05, 0) is 70.6 Å². The van der Waals surface area contributed by atoms with Crippen molar-refractivity contribution in [3.8, 4) is 5.75 Å². The summed E-state index contributed by atoms with van der Waals surface area (Å²) in [7, 11) is 5.54. The number of halogens is 2. The first-order valence-corrected chi connectivity index (χ1v) is 7.93. The smallest absolute Gasteiger partial charge is 0.147 e. The van der Waals surface area contributed by atoms with Gasteiger partial charge in [-0.25, -0.2) is 0 Å². The molecule has 20 heavy (non-hydrogen) atoms. The minimum absolute atomic E-state index is 0.534. The van der Waals surface area contributed by atoms with E-state index in [1.807, 2.05) is 38.1 Å². The van der Waals surface area contributed by atoms with Gasteiger partial charge in [0.05, 0.1) is 21.7 Å². The number of aliphatic hydroxyl groups is 1. The number of nitrogens with one attached hydrogen (secondary N) is 1. The average molecular weight is 410 g/mol. The normalized spacial score (nSPS) is 14.4. The lowest BCUT2D eigenvalue weighted by Gasteiger charge is -2.27. The van der Waals surface area contributed by atoms with Crippen molar-refractivity contribution in [2.24, 2.45) is 0 Å². The van der Waals surface area contributed by atoms with Gasteiger partial charge in [-0.15, -0.1) is 0 Å². The van der Waals surface area contributed by atoms with Crippen LogP contribution < -0.4 is 10.1 Å². The summed E-state index contributed by atoms with van der Waals surface area (Å²) in [5.74, 6) is 0.786. The maximum atomic E-state index is 10.2. The molecule has 0 amide bonds. The Bertz CT molecular complexity index is 428. The van der Waals surface area contributed by atoms with Crippen LogP contribution in [0.3, 0.4) is 0 Å². The molecule has 0 spiro atoms. The number of hydrogen-bond donors (Lipinski definition) is 2. The fourth-order valence-electron chi connectivity index (χ4n) is 2.12. The number of benzene rings is 1. The van der Waals surface area contributed by atoms with Crippen LogP contribution in [0.15, 0.2) is 21.1 Å². The van der Waals surface area contributed by atoms with E-state index < -0.39 is 5.60 Å². The van der Waals surface area contributed by atoms with Crippen LogP contribution in [0.4, 0.5) is 0 Å². The lowest BCUT2D eigenvalue weighted by atomic mass is 10.1. The molecule has 0 aliphatic carbocycles. The molecule has 0 aromatic heterocycles. The molecule has 2 N–H and O–H groups in total. The topological polar surface area (TPSA) is 44.7 Å². The zero-order chi connectivity index (χ0) is 15.3. The van der Waals surface area contributed by atoms with E-state index in [-0.39, 0.29) is 0 Å². The lowest BCUT2D eigenvalue weighted by Crippen LogP contribution is -2.45. The van der Waals surface area contributed by atoms with Gasteiger partial charge >= 0.3 is 0 Å². The summed E-state index contributed by atoms with van der Waals surface area (Å²) in [6, 6.07) is 4.02. The van der Waals surface area contributed by atoms with Gasteiger partial charge in [0.1, 0.15) is 5.75 Å². The zero-order valence-electron chi connectivity index (χ0n) is 12.3. The Labute approximate surface area is 137 Å². The summed E-state index contributed by atoms with van der Waals surface area (Å²) in [6.07, 6.45) is 0. The van der Waals surface area contributed by atoms with Gasteiger partial charge in [0.15, 0.2) is 0 Å². The molecular weight excluding hydrogens is 388 g/mol. The highest BCUT2D eigenvalue weighted by Gasteiger charge is 2.20. The SMILES string of the molecule is COc1c(Br)cc(CNCC(C)(O)CN(C)C)cc1Br. The first kappa shape index (κ1) is 17.9. The molecule has 0 bridgehead atoms. The molecule has 0 radical (unpaired) electrons. The molecule has 0 saturated carbocycles. The van der Waals surface area contributed by atoms with Crippen LogP contribution >= 0.6 is 31.9 Å². The third-order valence-electron chi connectivity index (χ3n) is 2.75. The highest BCUT2D eigenvalue weighted by Crippen LogP contribution is 2.34. The second kappa shape index (κ2) is 7.75. The molecule has 0 fully saturated rings. The van der Waals surface area contributed by atoms with E-state index in [0.717, 1.165) is 20.3 Å². The Balaban J connectivity index is 2.59. The molecule has 1 unspecified atom stereocenters. The molecule has 1 aromatic rings. The standard InChI is InChI=1S/C14H22Br2N2O2/c1-14(19,9-18(2)3)8-17-7-10-5-11(15)13(20-4)12(16)6-10/h5-6,17,19H,7-9H2,1-4H3. The van der Waals surface area contributed by atoms with Crippen molar-refractivity contribution >= 4 is 31.9 Å². The fraction of sp³-hybridized carbons (Fsp3) is 0.571. The predicted molar refractivity (Wildman–Crippen MR) is 89.3 cm³/mol. The van der Waals surface area contributed by atoms with Gasteiger partial charge in [-0.1, -0.05) is 0 Å². The number of ether oxygens (including phenoxy) is 1. The summed E-state index contributed by atoms with van der Waals surface area (Å²) in [6.45, 7) is 3.67. The quantitative estimate of drug-likeness (QED) is 0.726. The Morgan fingerprint density at radius 1 is 1.30 bits per heavy atom. The van der Waals surface area contributed by atoms with Crippen molar-refractivity contribution in [1.82, 2.24) is 10.2 Å². The molecule has 0 saturated heterocycles. The van der Waals surface area contributed by atoms with E-state index in [1.165, 1.54) is 0 Å². The molecular formula is C14H22Br2N2O2. The molecule has 1 rings (SSSR count). The monoisotopic (exact) mass is 408 g/mol. The summed E-state index contributed by atoms with van der Waals surface area (Å²) >= 11 is 6.97. The summed E-state index contributed by atoms with van der Waals surface area (Å²) in [5.41, 5.74) is 0.370. The summed E-state index contributed by atoms with van der Waals surface area (Å²) in [4.78, 5) is 1.97. The second-order valence-corrected chi connectivity index (χ2v) is 7.14. The van der Waals surface area contributed by atoms with Crippen LogP contribution in [-0.2, 0) is 6.54 Å². The second-order valence-electron chi connectivity index (χ2n) is 5.43. The fourth-order valence-corrected chi connectivity index (χ4v) is 3.73. The van der Waals surface area contributed by atoms with Gasteiger partial charge in [0.2, 0.25) is 0 Å². The largest absolute Gasteiger partial charge is 0.494 e. The van der Waals surface area contributed by atoms with Crippen molar-refractivity contribution in [2.45, 2.75) is 19.1 Å². The van der Waals surface area contributed by atoms with Crippen molar-refractivity contribution in [1.29, 1.82) is 0 Å². The van der Waals surface area contributed by atoms with E-state index >= 15 is 0 Å². The number of likely N-dealkylation sites (N-methyl/N-ethyl adjacent to an activating group) is 1. The number of nitrogens with zero attached hydrogens (tertiary/aromatic N) is 1. The van der Waals surface area contributed by atoms with Gasteiger partial charge in [0, 0.05) is 19.6 Å². The number of rotatable bonds is 7. The Morgan fingerprint density at radius 2 is 1.85 bits per heavy atom. The van der Waals surface area contributed by atoms with Crippen LogP contribution in [0.1, 0.15) is 12.5 Å². The summed E-state index contributed by atoms with van der Waals surface area (Å²) < 4.78 is 7.09. The third kappa shape index (κ3) is 5.69. The maximum Gasteiger partial charge on any atom is 0.147 e. The Morgan fingerprint density at radius 3 is 2.30 bits per heavy atom. The first-order chi connectivity index (χ1) is 9.25. The van der Waals surface area contributed by atoms with Crippen molar-refractivity contribution < 1.29 is 9.84 Å². The molecule has 6 heteroatoms. The van der Waals surface area contributed by atoms with Gasteiger partial charge < -0.3 is 20.1 Å². The molecule has 0 aliphatic rings. The average Bonchev–Trinajstić information content (AvgIpc) is 2.26. The zero-order valence-corrected chi connectivity index (χ0v) is 15.5. The minimum atomic E-state index is -0.746. The highest BCUT2D eigenvalue weighted by atomic mass is 79.9. The molecule has 1 aromatic carbocycles. The van der Waals surface area contributed by atoms with Crippen LogP contribution in [0, 0.1) is 0 Å². The highest BCUT2D eigenvalue weighted by molar-refractivity contribution is 9.11. The van der Waals surface area contributed by atoms with Crippen LogP contribution in [0.25, 0.3) is 0 Å². The van der Waals surface area contributed by atoms with Crippen LogP contribution in [-0.4, -0.2) is 49.9 Å². The molecule has 1 atom stereocenters. The van der Waals surface area contributed by atoms with Crippen molar-refractivity contribution in [3.63, 3.8) is 0 Å². The van der Waals surface area contributed by atoms with Gasteiger partial charge in [-0.3, -0.25) is 0 Å². The predicted octanol–water partition coefficient (Wildman–Crippen LogP) is 2.62. The summed E-state index contributed by atoms with van der Waals surface area (Å²) in [5, 5.41) is 13.5. The van der Waals surface area contributed by atoms with Crippen molar-refractivity contribution in [3.05, 3.63) is 26.6 Å². The van der Waals surface area contributed by atoms with E-state index in [2.05, 4.69) is 37.2 Å². The van der Waals surface area contributed by atoms with Crippen LogP contribution in [0.2, 0.25) is 0 Å². The lowest BCUT2D eigenvalue weighted by molar-refractivity contribution is 0.0336. The third-order valence-corrected chi connectivity index (χ3v) is 3.93. The Hall–Kier alpha value is -0.140. The van der Waals surface area contributed by atoms with E-state index in [4.69, 9.17) is 4.74 Å². The molecule has 0 aliphatic heterocycles. The van der Waals surface area contributed by atoms with Gasteiger partial charge in [-0.2, -0.15) is 0 Å². The van der Waals surface area contributed by atoms with Crippen LogP contribution in [0.5, 0.6) is 5.75 Å². The molecule has 114 valence electrons. The number of hydrogen-bond acceptors (Lipinski definition) is 4. The molecule has 4 nitrogen and oxygen atoms in total. The first-order valence-electron chi connectivity index (χ1n) is 6.35. The van der Waals surface area contributed by atoms with Crippen molar-refractivity contribution in [2.75, 3.05) is 34.3 Å². The van der Waals surface area contributed by atoms with E-state index in [9.17, 15) is 5.11 Å².